The molecule has 0 aliphatic heterocycles. The van der Waals surface area contributed by atoms with Crippen LogP contribution in [0.2, 0.25) is 0 Å². The molecule has 2 N–H and O–H groups in total. The molecule has 0 unspecified atom stereocenters. The number of hydrogen-bond acceptors (Lipinski definition) is 5. The Hall–Kier alpha value is -0.930. The van der Waals surface area contributed by atoms with Gasteiger partial charge in [0, 0.05) is 0 Å². The van der Waals surface area contributed by atoms with Gasteiger partial charge in [-0.1, -0.05) is 0 Å². The Labute approximate surface area is 131 Å². The quantitative estimate of drug-likeness (QED) is 0.461. The van der Waals surface area contributed by atoms with Crippen LogP contribution < -0.4 is 0 Å². The Bertz CT molecular complexity index is 594. The van der Waals surface area contributed by atoms with E-state index in [-0.39, 0.29) is 41.7 Å². The molecular weight excluding hydrogens is 287 g/mol. The van der Waals surface area contributed by atoms with Crippen molar-refractivity contribution in [2.45, 2.75) is 11.8 Å². The second-order valence-electron chi connectivity index (χ2n) is 3.21. The van der Waals surface area contributed by atoms with E-state index in [1.807, 2.05) is 0 Å². The number of benzene rings is 1. The molecule has 0 fully saturated rings. The molecule has 1 aromatic rings. The number of ether oxygens (including phenoxy) is 1. The first kappa shape index (κ1) is 18.1. The summed E-state index contributed by atoms with van der Waals surface area (Å²) in [6, 6.07) is 2.60. The molecule has 0 spiro atoms. The van der Waals surface area contributed by atoms with E-state index in [9.17, 15) is 18.0 Å². The van der Waals surface area contributed by atoms with Gasteiger partial charge in [-0.05, 0) is 25.1 Å². The fourth-order valence-electron chi connectivity index (χ4n) is 1.25. The van der Waals surface area contributed by atoms with Gasteiger partial charge in [-0.15, -0.1) is 0 Å². The van der Waals surface area contributed by atoms with Crippen molar-refractivity contribution in [1.29, 1.82) is 0 Å². The van der Waals surface area contributed by atoms with Crippen LogP contribution in [-0.4, -0.2) is 66.2 Å². The topological polar surface area (TPSA) is 118 Å². The van der Waals surface area contributed by atoms with Crippen LogP contribution in [0.5, 0.6) is 0 Å². The predicted molar refractivity (Wildman–Crippen MR) is 66.3 cm³/mol. The Kier molecular flexibility index (Phi) is 6.67. The third kappa shape index (κ3) is 4.59. The summed E-state index contributed by atoms with van der Waals surface area (Å²) in [6.07, 6.45) is 0. The number of carboxylic acids is 1. The average Bonchev–Trinajstić information content (AvgIpc) is 2.27. The summed E-state index contributed by atoms with van der Waals surface area (Å²) in [7, 11) is -4.53. The number of carbonyl (C=O) groups is 2. The van der Waals surface area contributed by atoms with E-state index in [2.05, 4.69) is 4.74 Å². The van der Waals surface area contributed by atoms with Crippen molar-refractivity contribution in [2.24, 2.45) is 0 Å². The second kappa shape index (κ2) is 7.01. The monoisotopic (exact) mass is 298 g/mol. The summed E-state index contributed by atoms with van der Waals surface area (Å²) >= 11 is 0. The van der Waals surface area contributed by atoms with Crippen LogP contribution in [0.4, 0.5) is 0 Å². The molecule has 0 aliphatic rings. The van der Waals surface area contributed by atoms with Gasteiger partial charge in [-0.3, -0.25) is 4.55 Å². The van der Waals surface area contributed by atoms with Gasteiger partial charge >= 0.3 is 41.5 Å². The molecule has 0 saturated carbocycles. The first-order chi connectivity index (χ1) is 8.27. The molecule has 0 atom stereocenters. The number of esters is 1. The molecule has 0 bridgehead atoms. The number of carboxylic acid groups (broad SMARTS) is 1. The van der Waals surface area contributed by atoms with Crippen molar-refractivity contribution < 1.29 is 32.4 Å². The molecule has 1 rings (SSSR count). The van der Waals surface area contributed by atoms with Crippen molar-refractivity contribution in [3.8, 4) is 0 Å². The van der Waals surface area contributed by atoms with E-state index < -0.39 is 32.5 Å². The van der Waals surface area contributed by atoms with E-state index in [1.54, 1.807) is 6.92 Å². The van der Waals surface area contributed by atoms with Crippen LogP contribution in [0.25, 0.3) is 0 Å². The number of rotatable bonds is 4. The Morgan fingerprint density at radius 1 is 1.26 bits per heavy atom. The molecule has 0 aromatic heterocycles. The van der Waals surface area contributed by atoms with Crippen LogP contribution in [-0.2, 0) is 14.9 Å². The van der Waals surface area contributed by atoms with Crippen molar-refractivity contribution in [1.82, 2.24) is 0 Å². The van der Waals surface area contributed by atoms with E-state index in [1.165, 1.54) is 0 Å². The Morgan fingerprint density at radius 3 is 2.26 bits per heavy atom. The van der Waals surface area contributed by atoms with Gasteiger partial charge in [0.25, 0.3) is 10.1 Å². The molecule has 0 heterocycles. The average molecular weight is 298 g/mol. The van der Waals surface area contributed by atoms with Gasteiger partial charge < -0.3 is 9.84 Å². The number of aromatic carboxylic acids is 1. The van der Waals surface area contributed by atoms with E-state index in [0.29, 0.717) is 6.07 Å². The van der Waals surface area contributed by atoms with E-state index in [0.717, 1.165) is 12.1 Å². The molecule has 7 nitrogen and oxygen atoms in total. The molecule has 9 heteroatoms. The summed E-state index contributed by atoms with van der Waals surface area (Å²) < 4.78 is 35.1. The molecular formula is C10H11NaO7S. The zero-order valence-corrected chi connectivity index (χ0v) is 10.1. The van der Waals surface area contributed by atoms with Crippen molar-refractivity contribution in [3.63, 3.8) is 0 Å². The van der Waals surface area contributed by atoms with E-state index in [4.69, 9.17) is 9.66 Å². The van der Waals surface area contributed by atoms with Crippen molar-refractivity contribution in [3.05, 3.63) is 29.3 Å². The third-order valence-electron chi connectivity index (χ3n) is 2.01. The fourth-order valence-corrected chi connectivity index (χ4v) is 1.75. The van der Waals surface area contributed by atoms with Crippen LogP contribution >= 0.6 is 0 Å². The normalized spacial score (nSPS) is 10.4. The zero-order chi connectivity index (χ0) is 13.9. The van der Waals surface area contributed by atoms with Crippen LogP contribution in [0.1, 0.15) is 27.6 Å². The molecule has 100 valence electrons. The first-order valence-corrected chi connectivity index (χ1v) is 6.23. The number of carbonyl (C=O) groups excluding carboxylic acids is 1. The standard InChI is InChI=1S/C10H10O7S.Na.H/c1-2-17-10(13)7-4-3-6(18(14,15)16)5-8(7)9(11)12;;/h3-5H,2H2,1H3,(H,11,12)(H,14,15,16);;. The molecule has 0 radical (unpaired) electrons. The first-order valence-electron chi connectivity index (χ1n) is 4.79. The molecule has 0 aliphatic carbocycles. The second-order valence-corrected chi connectivity index (χ2v) is 4.63. The van der Waals surface area contributed by atoms with Gasteiger partial charge in [0.15, 0.2) is 0 Å². The van der Waals surface area contributed by atoms with Gasteiger partial charge in [0.1, 0.15) is 0 Å². The van der Waals surface area contributed by atoms with Crippen LogP contribution in [0.15, 0.2) is 23.1 Å². The SMILES string of the molecule is CCOC(=O)c1ccc(S(=O)(=O)O)cc1C(=O)O.[NaH]. The third-order valence-corrected chi connectivity index (χ3v) is 2.86. The molecule has 19 heavy (non-hydrogen) atoms. The van der Waals surface area contributed by atoms with Crippen molar-refractivity contribution >= 4 is 51.6 Å². The number of hydrogen-bond donors (Lipinski definition) is 2. The van der Waals surface area contributed by atoms with Crippen molar-refractivity contribution in [2.75, 3.05) is 6.61 Å². The van der Waals surface area contributed by atoms with Crippen LogP contribution in [0, 0.1) is 0 Å². The van der Waals surface area contributed by atoms with Gasteiger partial charge in [-0.2, -0.15) is 8.42 Å². The minimum atomic E-state index is -4.53. The summed E-state index contributed by atoms with van der Waals surface area (Å²) in [6.45, 7) is 1.60. The maximum atomic E-state index is 11.4. The Morgan fingerprint density at radius 2 is 1.84 bits per heavy atom. The van der Waals surface area contributed by atoms with Crippen LogP contribution in [0.3, 0.4) is 0 Å². The summed E-state index contributed by atoms with van der Waals surface area (Å²) in [5.74, 6) is -2.37. The summed E-state index contributed by atoms with van der Waals surface area (Å²) in [5.41, 5.74) is -0.833. The summed E-state index contributed by atoms with van der Waals surface area (Å²) in [4.78, 5) is 21.8. The van der Waals surface area contributed by atoms with E-state index >= 15 is 0 Å². The molecule has 0 saturated heterocycles. The van der Waals surface area contributed by atoms with Gasteiger partial charge in [0.2, 0.25) is 0 Å². The maximum absolute atomic E-state index is 11.4. The van der Waals surface area contributed by atoms with Gasteiger partial charge in [0.05, 0.1) is 22.6 Å². The zero-order valence-electron chi connectivity index (χ0n) is 9.28. The Balaban J connectivity index is 0.00000324. The predicted octanol–water partition coefficient (Wildman–Crippen LogP) is 0.160. The van der Waals surface area contributed by atoms with Gasteiger partial charge in [-0.25, -0.2) is 9.59 Å². The molecule has 1 aromatic carbocycles. The minimum absolute atomic E-state index is 0. The summed E-state index contributed by atoms with van der Waals surface area (Å²) in [5, 5.41) is 8.89. The molecule has 0 amide bonds. The fraction of sp³-hybridized carbons (Fsp3) is 0.200.